The molecule has 0 saturated carbocycles. The van der Waals surface area contributed by atoms with E-state index in [0.717, 1.165) is 34.1 Å². The third kappa shape index (κ3) is 5.04. The number of nitrogens with one attached hydrogen (secondary N) is 1. The molecule has 0 aliphatic rings. The zero-order chi connectivity index (χ0) is 19.9. The van der Waals surface area contributed by atoms with Gasteiger partial charge in [0.1, 0.15) is 5.76 Å². The van der Waals surface area contributed by atoms with Crippen molar-refractivity contribution in [2.75, 3.05) is 6.54 Å². The fourth-order valence-electron chi connectivity index (χ4n) is 3.08. The van der Waals surface area contributed by atoms with Gasteiger partial charge in [0.25, 0.3) is 5.91 Å². The van der Waals surface area contributed by atoms with Crippen LogP contribution in [-0.4, -0.2) is 17.6 Å². The average molecular weight is 395 g/mol. The number of carbonyl (C=O) groups excluding carboxylic acids is 1. The molecule has 5 heteroatoms. The Balaban J connectivity index is 1.58. The summed E-state index contributed by atoms with van der Waals surface area (Å²) in [6.45, 7) is 6.70. The van der Waals surface area contributed by atoms with Gasteiger partial charge in [-0.25, -0.2) is 0 Å². The highest BCUT2D eigenvalue weighted by Gasteiger charge is 2.14. The Bertz CT molecular complexity index is 902. The van der Waals surface area contributed by atoms with Gasteiger partial charge in [-0.3, -0.25) is 4.79 Å². The fraction of sp³-hybridized carbons (Fsp3) is 0.304. The van der Waals surface area contributed by atoms with E-state index in [9.17, 15) is 4.79 Å². The molecule has 1 heterocycles. The van der Waals surface area contributed by atoms with Gasteiger partial charge in [-0.2, -0.15) is 0 Å². The molecule has 1 aromatic heterocycles. The van der Waals surface area contributed by atoms with Gasteiger partial charge in [-0.15, -0.1) is 11.8 Å². The van der Waals surface area contributed by atoms with E-state index < -0.39 is 0 Å². The minimum absolute atomic E-state index is 0.0258. The van der Waals surface area contributed by atoms with Gasteiger partial charge in [0.2, 0.25) is 0 Å². The van der Waals surface area contributed by atoms with Crippen LogP contribution in [0.3, 0.4) is 0 Å². The summed E-state index contributed by atoms with van der Waals surface area (Å²) in [5.74, 6) is 1.95. The number of aromatic nitrogens is 1. The second-order valence-electron chi connectivity index (χ2n) is 6.94. The van der Waals surface area contributed by atoms with E-state index in [1.165, 1.54) is 5.56 Å². The van der Waals surface area contributed by atoms with Crippen LogP contribution in [0, 0.1) is 13.8 Å². The summed E-state index contributed by atoms with van der Waals surface area (Å²) < 4.78 is 5.23. The largest absolute Gasteiger partial charge is 0.361 e. The number of thioether (sulfide) groups is 1. The van der Waals surface area contributed by atoms with Gasteiger partial charge in [-0.1, -0.05) is 54.5 Å². The van der Waals surface area contributed by atoms with Crippen LogP contribution in [-0.2, 0) is 5.75 Å². The van der Waals surface area contributed by atoms with Crippen LogP contribution in [0.15, 0.2) is 64.0 Å². The maximum absolute atomic E-state index is 12.7. The highest BCUT2D eigenvalue weighted by molar-refractivity contribution is 7.98. The zero-order valence-corrected chi connectivity index (χ0v) is 17.4. The molecular weight excluding hydrogens is 368 g/mol. The lowest BCUT2D eigenvalue weighted by atomic mass is 9.98. The van der Waals surface area contributed by atoms with Gasteiger partial charge >= 0.3 is 0 Å². The van der Waals surface area contributed by atoms with Crippen LogP contribution >= 0.6 is 11.8 Å². The molecule has 146 valence electrons. The second kappa shape index (κ2) is 9.60. The summed E-state index contributed by atoms with van der Waals surface area (Å²) in [7, 11) is 0. The summed E-state index contributed by atoms with van der Waals surface area (Å²) in [6, 6.07) is 18.1. The number of benzene rings is 2. The van der Waals surface area contributed by atoms with Gasteiger partial charge in [0.15, 0.2) is 0 Å². The van der Waals surface area contributed by atoms with E-state index >= 15 is 0 Å². The van der Waals surface area contributed by atoms with E-state index in [0.29, 0.717) is 18.0 Å². The third-order valence-corrected chi connectivity index (χ3v) is 6.02. The smallest absolute Gasteiger partial charge is 0.252 e. The Morgan fingerprint density at radius 1 is 1.11 bits per heavy atom. The molecule has 2 aromatic carbocycles. The van der Waals surface area contributed by atoms with Crippen LogP contribution in [0.2, 0.25) is 0 Å². The molecule has 1 atom stereocenters. The molecule has 1 N–H and O–H groups in total. The summed E-state index contributed by atoms with van der Waals surface area (Å²) in [5.41, 5.74) is 4.01. The van der Waals surface area contributed by atoms with E-state index in [2.05, 4.69) is 41.7 Å². The van der Waals surface area contributed by atoms with Gasteiger partial charge in [-0.05, 0) is 43.9 Å². The Morgan fingerprint density at radius 3 is 2.54 bits per heavy atom. The van der Waals surface area contributed by atoms with E-state index in [4.69, 9.17) is 4.52 Å². The van der Waals surface area contributed by atoms with Crippen molar-refractivity contribution in [2.24, 2.45) is 0 Å². The molecule has 3 aromatic rings. The summed E-state index contributed by atoms with van der Waals surface area (Å²) in [6.07, 6.45) is 0.907. The van der Waals surface area contributed by atoms with Crippen molar-refractivity contribution in [2.45, 2.75) is 43.8 Å². The van der Waals surface area contributed by atoms with E-state index in [1.807, 2.05) is 44.2 Å². The Labute approximate surface area is 170 Å². The van der Waals surface area contributed by atoms with Crippen molar-refractivity contribution >= 4 is 17.7 Å². The average Bonchev–Trinajstić information content (AvgIpc) is 3.04. The molecule has 0 radical (unpaired) electrons. The standard InChI is InChI=1S/C23H26N2O2S/c1-16(19-9-5-4-6-10-19)13-14-24-23(26)20-11-7-8-12-22(20)28-15-21-17(2)25-27-18(21)3/h4-12,16H,13-15H2,1-3H3,(H,24,26). The Kier molecular flexibility index (Phi) is 6.93. The highest BCUT2D eigenvalue weighted by Crippen LogP contribution is 2.29. The third-order valence-electron chi connectivity index (χ3n) is 4.92. The van der Waals surface area contributed by atoms with Gasteiger partial charge < -0.3 is 9.84 Å². The fourth-order valence-corrected chi connectivity index (χ4v) is 4.29. The summed E-state index contributed by atoms with van der Waals surface area (Å²) in [4.78, 5) is 13.7. The second-order valence-corrected chi connectivity index (χ2v) is 7.96. The molecular formula is C23H26N2O2S. The Morgan fingerprint density at radius 2 is 1.82 bits per heavy atom. The highest BCUT2D eigenvalue weighted by atomic mass is 32.2. The van der Waals surface area contributed by atoms with Crippen LogP contribution in [0.25, 0.3) is 0 Å². The van der Waals surface area contributed by atoms with Crippen LogP contribution in [0.5, 0.6) is 0 Å². The van der Waals surface area contributed by atoms with Crippen molar-refractivity contribution in [1.82, 2.24) is 10.5 Å². The number of aryl methyl sites for hydroxylation is 2. The monoisotopic (exact) mass is 394 g/mol. The predicted octanol–water partition coefficient (Wildman–Crippen LogP) is 5.51. The lowest BCUT2D eigenvalue weighted by molar-refractivity contribution is 0.0949. The molecule has 1 amide bonds. The van der Waals surface area contributed by atoms with Gasteiger partial charge in [0.05, 0.1) is 11.3 Å². The quantitative estimate of drug-likeness (QED) is 0.512. The molecule has 0 fully saturated rings. The first-order chi connectivity index (χ1) is 13.6. The maximum atomic E-state index is 12.7. The minimum atomic E-state index is -0.0258. The first kappa shape index (κ1) is 20.2. The number of nitrogens with zero attached hydrogens (tertiary/aromatic N) is 1. The predicted molar refractivity (Wildman–Crippen MR) is 114 cm³/mol. The topological polar surface area (TPSA) is 55.1 Å². The molecule has 3 rings (SSSR count). The maximum Gasteiger partial charge on any atom is 0.252 e. The minimum Gasteiger partial charge on any atom is -0.361 e. The summed E-state index contributed by atoms with van der Waals surface area (Å²) >= 11 is 1.64. The van der Waals surface area contributed by atoms with Crippen LogP contribution in [0.1, 0.15) is 52.2 Å². The van der Waals surface area contributed by atoms with Crippen molar-refractivity contribution in [3.8, 4) is 0 Å². The molecule has 0 saturated heterocycles. The van der Waals surface area contributed by atoms with Crippen molar-refractivity contribution in [3.63, 3.8) is 0 Å². The molecule has 4 nitrogen and oxygen atoms in total. The molecule has 0 aliphatic heterocycles. The zero-order valence-electron chi connectivity index (χ0n) is 16.6. The van der Waals surface area contributed by atoms with E-state index in [-0.39, 0.29) is 5.91 Å². The van der Waals surface area contributed by atoms with Gasteiger partial charge in [0, 0.05) is 22.8 Å². The number of hydrogen-bond acceptors (Lipinski definition) is 4. The summed E-state index contributed by atoms with van der Waals surface area (Å²) in [5, 5.41) is 7.07. The molecule has 1 unspecified atom stereocenters. The van der Waals surface area contributed by atoms with Crippen LogP contribution in [0.4, 0.5) is 0 Å². The normalized spacial score (nSPS) is 12.0. The molecule has 0 spiro atoms. The first-order valence-electron chi connectivity index (χ1n) is 9.53. The van der Waals surface area contributed by atoms with Crippen molar-refractivity contribution < 1.29 is 9.32 Å². The lowest BCUT2D eigenvalue weighted by Crippen LogP contribution is -2.25. The SMILES string of the molecule is Cc1noc(C)c1CSc1ccccc1C(=O)NCCC(C)c1ccccc1. The molecule has 0 bridgehead atoms. The molecule has 28 heavy (non-hydrogen) atoms. The first-order valence-corrected chi connectivity index (χ1v) is 10.5. The number of carbonyl (C=O) groups is 1. The molecule has 0 aliphatic carbocycles. The Hall–Kier alpha value is -2.53. The van der Waals surface area contributed by atoms with Crippen molar-refractivity contribution in [1.29, 1.82) is 0 Å². The van der Waals surface area contributed by atoms with E-state index in [1.54, 1.807) is 11.8 Å². The number of hydrogen-bond donors (Lipinski definition) is 1. The van der Waals surface area contributed by atoms with Crippen molar-refractivity contribution in [3.05, 3.63) is 82.7 Å². The number of amides is 1. The lowest BCUT2D eigenvalue weighted by Gasteiger charge is -2.13. The van der Waals surface area contributed by atoms with Crippen LogP contribution < -0.4 is 5.32 Å². The number of rotatable bonds is 8.